The molecular formula is C28H34O15. The van der Waals surface area contributed by atoms with Crippen LogP contribution in [0, 0.1) is 0 Å². The lowest BCUT2D eigenvalue weighted by atomic mass is 9.97. The van der Waals surface area contributed by atoms with E-state index in [9.17, 15) is 50.8 Å². The van der Waals surface area contributed by atoms with Crippen molar-refractivity contribution in [1.82, 2.24) is 0 Å². The molecule has 2 aromatic carbocycles. The van der Waals surface area contributed by atoms with Gasteiger partial charge in [0.2, 0.25) is 0 Å². The minimum Gasteiger partial charge on any atom is -0.504 e. The monoisotopic (exact) mass is 610 g/mol. The van der Waals surface area contributed by atoms with Gasteiger partial charge in [0.25, 0.3) is 0 Å². The smallest absolute Gasteiger partial charge is 0.331 e. The SMILES string of the molecule is O=C(C=Cc1ccc(O)c(O)c1)O[C@H]1[C@H](O[C@@H]2OC[C@@H](O)[C@H](O)[C@H]2O)[C@@H](O)[C@H](OCCc2ccc(O)c(O)c2)O[C@@H]1CO. The van der Waals surface area contributed by atoms with Crippen LogP contribution in [-0.4, -0.2) is 127 Å². The Balaban J connectivity index is 1.50. The summed E-state index contributed by atoms with van der Waals surface area (Å²) in [6.07, 6.45) is -11.5. The highest BCUT2D eigenvalue weighted by Crippen LogP contribution is 2.31. The number of hydrogen-bond donors (Lipinski definition) is 9. The van der Waals surface area contributed by atoms with E-state index in [4.69, 9.17) is 23.7 Å². The molecule has 2 aliphatic heterocycles. The van der Waals surface area contributed by atoms with Gasteiger partial charge in [0.15, 0.2) is 41.7 Å². The molecule has 15 heteroatoms. The lowest BCUT2D eigenvalue weighted by Gasteiger charge is -2.45. The zero-order valence-corrected chi connectivity index (χ0v) is 22.6. The minimum absolute atomic E-state index is 0.0725. The predicted molar refractivity (Wildman–Crippen MR) is 143 cm³/mol. The zero-order chi connectivity index (χ0) is 31.3. The first-order valence-corrected chi connectivity index (χ1v) is 13.3. The van der Waals surface area contributed by atoms with Crippen molar-refractivity contribution in [2.45, 2.75) is 61.7 Å². The Hall–Kier alpha value is -3.51. The van der Waals surface area contributed by atoms with E-state index in [1.165, 1.54) is 36.4 Å². The molecule has 0 bridgehead atoms. The third kappa shape index (κ3) is 7.91. The number of aromatic hydroxyl groups is 4. The summed E-state index contributed by atoms with van der Waals surface area (Å²) in [5, 5.41) is 89.8. The van der Waals surface area contributed by atoms with Crippen molar-refractivity contribution in [2.24, 2.45) is 0 Å². The first kappa shape index (κ1) is 32.4. The van der Waals surface area contributed by atoms with Crippen molar-refractivity contribution in [3.05, 3.63) is 53.6 Å². The van der Waals surface area contributed by atoms with Crippen molar-refractivity contribution in [3.63, 3.8) is 0 Å². The van der Waals surface area contributed by atoms with Crippen LogP contribution in [0.1, 0.15) is 11.1 Å². The number of hydrogen-bond acceptors (Lipinski definition) is 15. The van der Waals surface area contributed by atoms with Gasteiger partial charge in [0, 0.05) is 6.08 Å². The van der Waals surface area contributed by atoms with Crippen LogP contribution in [0.2, 0.25) is 0 Å². The fourth-order valence-electron chi connectivity index (χ4n) is 4.53. The normalized spacial score (nSPS) is 31.2. The molecule has 0 aromatic heterocycles. The van der Waals surface area contributed by atoms with E-state index in [-0.39, 0.29) is 30.3 Å². The number of aliphatic hydroxyl groups excluding tert-OH is 5. The highest BCUT2D eigenvalue weighted by molar-refractivity contribution is 5.87. The number of carbonyl (C=O) groups excluding carboxylic acids is 1. The Morgan fingerprint density at radius 3 is 2.23 bits per heavy atom. The average molecular weight is 611 g/mol. The van der Waals surface area contributed by atoms with Gasteiger partial charge >= 0.3 is 5.97 Å². The fourth-order valence-corrected chi connectivity index (χ4v) is 4.53. The number of aliphatic hydroxyl groups is 5. The third-order valence-corrected chi connectivity index (χ3v) is 6.92. The quantitative estimate of drug-likeness (QED) is 0.0853. The number of esters is 1. The summed E-state index contributed by atoms with van der Waals surface area (Å²) in [6, 6.07) is 7.98. The van der Waals surface area contributed by atoms with Crippen LogP contribution in [0.3, 0.4) is 0 Å². The van der Waals surface area contributed by atoms with Crippen LogP contribution in [0.4, 0.5) is 0 Å². The fraction of sp³-hybridized carbons (Fsp3) is 0.464. The maximum Gasteiger partial charge on any atom is 0.331 e. The molecule has 43 heavy (non-hydrogen) atoms. The van der Waals surface area contributed by atoms with Gasteiger partial charge in [0.05, 0.1) is 19.8 Å². The third-order valence-electron chi connectivity index (χ3n) is 6.92. The van der Waals surface area contributed by atoms with Crippen LogP contribution in [-0.2, 0) is 34.9 Å². The van der Waals surface area contributed by atoms with Crippen LogP contribution in [0.25, 0.3) is 6.08 Å². The molecule has 236 valence electrons. The summed E-state index contributed by atoms with van der Waals surface area (Å²) in [4.78, 5) is 12.7. The molecule has 9 atom stereocenters. The van der Waals surface area contributed by atoms with E-state index in [0.29, 0.717) is 11.1 Å². The highest BCUT2D eigenvalue weighted by atomic mass is 16.7. The van der Waals surface area contributed by atoms with E-state index in [1.807, 2.05) is 0 Å². The molecule has 2 aliphatic rings. The van der Waals surface area contributed by atoms with Gasteiger partial charge in [-0.15, -0.1) is 0 Å². The number of rotatable bonds is 10. The van der Waals surface area contributed by atoms with Crippen molar-refractivity contribution in [3.8, 4) is 23.0 Å². The van der Waals surface area contributed by atoms with E-state index in [2.05, 4.69) is 0 Å². The van der Waals surface area contributed by atoms with Gasteiger partial charge in [-0.1, -0.05) is 12.1 Å². The lowest BCUT2D eigenvalue weighted by molar-refractivity contribution is -0.349. The maximum absolute atomic E-state index is 12.7. The van der Waals surface area contributed by atoms with Gasteiger partial charge in [-0.3, -0.25) is 0 Å². The van der Waals surface area contributed by atoms with E-state index >= 15 is 0 Å². The predicted octanol–water partition coefficient (Wildman–Crippen LogP) is -1.40. The minimum atomic E-state index is -1.76. The average Bonchev–Trinajstić information content (AvgIpc) is 2.98. The van der Waals surface area contributed by atoms with E-state index < -0.39 is 80.2 Å². The van der Waals surface area contributed by atoms with Crippen molar-refractivity contribution >= 4 is 12.0 Å². The van der Waals surface area contributed by atoms with Crippen molar-refractivity contribution in [2.75, 3.05) is 19.8 Å². The first-order valence-electron chi connectivity index (χ1n) is 13.3. The van der Waals surface area contributed by atoms with Crippen molar-refractivity contribution in [1.29, 1.82) is 0 Å². The molecule has 2 fully saturated rings. The largest absolute Gasteiger partial charge is 0.504 e. The van der Waals surface area contributed by atoms with E-state index in [0.717, 1.165) is 6.08 Å². The summed E-state index contributed by atoms with van der Waals surface area (Å²) in [7, 11) is 0. The maximum atomic E-state index is 12.7. The van der Waals surface area contributed by atoms with Gasteiger partial charge in [-0.2, -0.15) is 0 Å². The van der Waals surface area contributed by atoms with Crippen LogP contribution in [0.15, 0.2) is 42.5 Å². The number of ether oxygens (including phenoxy) is 5. The Kier molecular flexibility index (Phi) is 10.8. The second-order valence-corrected chi connectivity index (χ2v) is 9.99. The molecule has 2 heterocycles. The molecule has 2 aromatic rings. The summed E-state index contributed by atoms with van der Waals surface area (Å²) < 4.78 is 27.8. The molecule has 0 radical (unpaired) electrons. The number of phenols is 4. The summed E-state index contributed by atoms with van der Waals surface area (Å²) in [5.74, 6) is -2.39. The molecular weight excluding hydrogens is 576 g/mol. The molecule has 0 spiro atoms. The summed E-state index contributed by atoms with van der Waals surface area (Å²) >= 11 is 0. The lowest BCUT2D eigenvalue weighted by Crippen LogP contribution is -2.64. The number of carbonyl (C=O) groups is 1. The molecule has 2 saturated heterocycles. The molecule has 15 nitrogen and oxygen atoms in total. The van der Waals surface area contributed by atoms with Gasteiger partial charge < -0.3 is 69.6 Å². The Bertz CT molecular complexity index is 1270. The van der Waals surface area contributed by atoms with Crippen LogP contribution < -0.4 is 0 Å². The van der Waals surface area contributed by atoms with Gasteiger partial charge in [-0.05, 0) is 47.9 Å². The Labute approximate surface area is 245 Å². The second kappa shape index (κ2) is 14.3. The molecule has 0 unspecified atom stereocenters. The van der Waals surface area contributed by atoms with Gasteiger partial charge in [0.1, 0.15) is 36.6 Å². The number of benzene rings is 2. The highest BCUT2D eigenvalue weighted by Gasteiger charge is 2.51. The standard InChI is InChI=1S/C28H34O15/c29-11-20-25(42-21(35)6-3-13-1-4-15(30)17(32)9-13)26(43-27-23(37)22(36)19(34)12-40-27)24(38)28(41-20)39-8-7-14-2-5-16(31)18(33)10-14/h1-6,9-10,19-20,22-34,36-38H,7-8,11-12H2/t19-,20-,22+,23-,24-,25-,26-,27+,28-/m1/s1. The van der Waals surface area contributed by atoms with Crippen LogP contribution >= 0.6 is 0 Å². The topological polar surface area (TPSA) is 245 Å². The molecule has 0 amide bonds. The van der Waals surface area contributed by atoms with Gasteiger partial charge in [-0.25, -0.2) is 4.79 Å². The second-order valence-electron chi connectivity index (χ2n) is 9.99. The van der Waals surface area contributed by atoms with Crippen molar-refractivity contribution < 1.29 is 74.4 Å². The summed E-state index contributed by atoms with van der Waals surface area (Å²) in [6.45, 7) is -1.23. The first-order chi connectivity index (χ1) is 20.5. The molecule has 4 rings (SSSR count). The zero-order valence-electron chi connectivity index (χ0n) is 22.6. The molecule has 0 aliphatic carbocycles. The Morgan fingerprint density at radius 1 is 0.860 bits per heavy atom. The molecule has 9 N–H and O–H groups in total. The number of phenolic OH excluding ortho intramolecular Hbond substituents is 4. The molecule has 0 saturated carbocycles. The van der Waals surface area contributed by atoms with E-state index in [1.54, 1.807) is 6.07 Å². The summed E-state index contributed by atoms with van der Waals surface area (Å²) in [5.41, 5.74) is 0.916. The van der Waals surface area contributed by atoms with Crippen LogP contribution in [0.5, 0.6) is 23.0 Å². The Morgan fingerprint density at radius 2 is 1.56 bits per heavy atom.